The Labute approximate surface area is 93.0 Å². The molecule has 2 aliphatic heterocycles. The van der Waals surface area contributed by atoms with Crippen molar-refractivity contribution in [2.24, 2.45) is 11.7 Å². The second-order valence-electron chi connectivity index (χ2n) is 5.19. The molecule has 15 heavy (non-hydrogen) atoms. The number of nitrogens with two attached hydrogens (primary N) is 1. The first-order valence-electron chi connectivity index (χ1n) is 6.33. The van der Waals surface area contributed by atoms with E-state index in [0.29, 0.717) is 12.1 Å². The molecule has 3 nitrogen and oxygen atoms in total. The van der Waals surface area contributed by atoms with Crippen LogP contribution in [0.2, 0.25) is 0 Å². The topological polar surface area (TPSA) is 38.5 Å². The average Bonchev–Trinajstić information content (AvgIpc) is 2.69. The van der Waals surface area contributed by atoms with Gasteiger partial charge in [0, 0.05) is 25.3 Å². The molecule has 88 valence electrons. The Morgan fingerprint density at radius 3 is 2.93 bits per heavy atom. The van der Waals surface area contributed by atoms with E-state index in [1.54, 1.807) is 0 Å². The van der Waals surface area contributed by atoms with Crippen LogP contribution < -0.4 is 5.73 Å². The molecule has 0 aromatic rings. The Hall–Kier alpha value is -0.120. The minimum Gasteiger partial charge on any atom is -0.381 e. The highest BCUT2D eigenvalue weighted by Gasteiger charge is 2.24. The second kappa shape index (κ2) is 5.28. The fourth-order valence-electron chi connectivity index (χ4n) is 2.75. The minimum absolute atomic E-state index is 0.436. The first-order chi connectivity index (χ1) is 7.25. The highest BCUT2D eigenvalue weighted by atomic mass is 16.5. The molecule has 3 heteroatoms. The molecule has 0 amide bonds. The third-order valence-electron chi connectivity index (χ3n) is 3.90. The number of nitrogens with zero attached hydrogens (tertiary/aromatic N) is 1. The maximum absolute atomic E-state index is 5.96. The standard InChI is InChI=1S/C12H24N2O/c1-10-8-12(13)3-6-14(10)5-2-11-4-7-15-9-11/h10-12H,2-9,13H2,1H3. The van der Waals surface area contributed by atoms with Gasteiger partial charge in [-0.15, -0.1) is 0 Å². The van der Waals surface area contributed by atoms with E-state index in [1.165, 1.54) is 38.8 Å². The number of hydrogen-bond donors (Lipinski definition) is 1. The summed E-state index contributed by atoms with van der Waals surface area (Å²) in [6.07, 6.45) is 4.91. The van der Waals surface area contributed by atoms with Gasteiger partial charge in [0.2, 0.25) is 0 Å². The lowest BCUT2D eigenvalue weighted by Gasteiger charge is -2.36. The van der Waals surface area contributed by atoms with E-state index >= 15 is 0 Å². The summed E-state index contributed by atoms with van der Waals surface area (Å²) < 4.78 is 5.40. The summed E-state index contributed by atoms with van der Waals surface area (Å²) in [6, 6.07) is 1.11. The number of piperidine rings is 1. The van der Waals surface area contributed by atoms with E-state index in [4.69, 9.17) is 10.5 Å². The van der Waals surface area contributed by atoms with E-state index in [2.05, 4.69) is 11.8 Å². The van der Waals surface area contributed by atoms with Gasteiger partial charge in [0.1, 0.15) is 0 Å². The maximum Gasteiger partial charge on any atom is 0.0495 e. The van der Waals surface area contributed by atoms with E-state index in [1.807, 2.05) is 0 Å². The summed E-state index contributed by atoms with van der Waals surface area (Å²) in [6.45, 7) is 6.70. The van der Waals surface area contributed by atoms with Crippen LogP contribution >= 0.6 is 0 Å². The van der Waals surface area contributed by atoms with Gasteiger partial charge in [-0.25, -0.2) is 0 Å². The van der Waals surface area contributed by atoms with Crippen LogP contribution in [0.25, 0.3) is 0 Å². The predicted molar refractivity (Wildman–Crippen MR) is 61.8 cm³/mol. The van der Waals surface area contributed by atoms with Gasteiger partial charge in [0.25, 0.3) is 0 Å². The maximum atomic E-state index is 5.96. The van der Waals surface area contributed by atoms with Crippen molar-refractivity contribution in [2.45, 2.75) is 44.7 Å². The number of likely N-dealkylation sites (tertiary alicyclic amines) is 1. The van der Waals surface area contributed by atoms with Gasteiger partial charge in [-0.1, -0.05) is 0 Å². The monoisotopic (exact) mass is 212 g/mol. The summed E-state index contributed by atoms with van der Waals surface area (Å²) >= 11 is 0. The SMILES string of the molecule is CC1CC(N)CCN1CCC1CCOC1. The largest absolute Gasteiger partial charge is 0.381 e. The Bertz CT molecular complexity index is 192. The summed E-state index contributed by atoms with van der Waals surface area (Å²) in [5.41, 5.74) is 5.96. The first kappa shape index (κ1) is 11.4. The van der Waals surface area contributed by atoms with Gasteiger partial charge in [0.05, 0.1) is 0 Å². The Morgan fingerprint density at radius 2 is 2.27 bits per heavy atom. The van der Waals surface area contributed by atoms with Gasteiger partial charge >= 0.3 is 0 Å². The van der Waals surface area contributed by atoms with Crippen LogP contribution in [0.5, 0.6) is 0 Å². The highest BCUT2D eigenvalue weighted by Crippen LogP contribution is 2.20. The zero-order valence-corrected chi connectivity index (χ0v) is 9.82. The Morgan fingerprint density at radius 1 is 1.40 bits per heavy atom. The molecule has 0 radical (unpaired) electrons. The van der Waals surface area contributed by atoms with Crippen molar-refractivity contribution in [1.29, 1.82) is 0 Å². The predicted octanol–water partition coefficient (Wildman–Crippen LogP) is 1.22. The zero-order chi connectivity index (χ0) is 10.7. The molecule has 2 N–H and O–H groups in total. The molecule has 2 rings (SSSR count). The summed E-state index contributed by atoms with van der Waals surface area (Å²) in [5.74, 6) is 0.813. The molecule has 2 saturated heterocycles. The van der Waals surface area contributed by atoms with Crippen molar-refractivity contribution in [1.82, 2.24) is 4.90 Å². The lowest BCUT2D eigenvalue weighted by molar-refractivity contribution is 0.133. The van der Waals surface area contributed by atoms with Crippen LogP contribution in [0, 0.1) is 5.92 Å². The molecular formula is C12H24N2O. The smallest absolute Gasteiger partial charge is 0.0495 e. The molecule has 0 spiro atoms. The van der Waals surface area contributed by atoms with Crippen LogP contribution in [-0.4, -0.2) is 43.3 Å². The molecule has 3 atom stereocenters. The van der Waals surface area contributed by atoms with Crippen LogP contribution in [0.4, 0.5) is 0 Å². The number of hydrogen-bond acceptors (Lipinski definition) is 3. The second-order valence-corrected chi connectivity index (χ2v) is 5.19. The Kier molecular flexibility index (Phi) is 4.00. The van der Waals surface area contributed by atoms with Crippen LogP contribution in [0.3, 0.4) is 0 Å². The minimum atomic E-state index is 0.436. The van der Waals surface area contributed by atoms with Crippen LogP contribution in [-0.2, 0) is 4.74 Å². The fourth-order valence-corrected chi connectivity index (χ4v) is 2.75. The van der Waals surface area contributed by atoms with E-state index in [9.17, 15) is 0 Å². The van der Waals surface area contributed by atoms with Crippen molar-refractivity contribution in [2.75, 3.05) is 26.3 Å². The van der Waals surface area contributed by atoms with Crippen molar-refractivity contribution in [3.05, 3.63) is 0 Å². The number of ether oxygens (including phenoxy) is 1. The summed E-state index contributed by atoms with van der Waals surface area (Å²) in [4.78, 5) is 2.60. The van der Waals surface area contributed by atoms with E-state index in [-0.39, 0.29) is 0 Å². The lowest BCUT2D eigenvalue weighted by Crippen LogP contribution is -2.46. The van der Waals surface area contributed by atoms with Crippen molar-refractivity contribution >= 4 is 0 Å². The molecule has 2 fully saturated rings. The van der Waals surface area contributed by atoms with Gasteiger partial charge in [-0.05, 0) is 51.6 Å². The molecule has 0 aromatic carbocycles. The number of rotatable bonds is 3. The molecule has 2 heterocycles. The molecule has 0 aliphatic carbocycles. The normalized spacial score (nSPS) is 38.4. The molecule has 0 saturated carbocycles. The van der Waals surface area contributed by atoms with Crippen molar-refractivity contribution in [3.8, 4) is 0 Å². The summed E-state index contributed by atoms with van der Waals surface area (Å²) in [5, 5.41) is 0. The van der Waals surface area contributed by atoms with E-state index < -0.39 is 0 Å². The zero-order valence-electron chi connectivity index (χ0n) is 9.82. The molecule has 0 bridgehead atoms. The fraction of sp³-hybridized carbons (Fsp3) is 1.00. The first-order valence-corrected chi connectivity index (χ1v) is 6.33. The third kappa shape index (κ3) is 3.16. The molecule has 0 aromatic heterocycles. The van der Waals surface area contributed by atoms with Gasteiger partial charge in [-0.2, -0.15) is 0 Å². The molecule has 2 aliphatic rings. The summed E-state index contributed by atoms with van der Waals surface area (Å²) in [7, 11) is 0. The van der Waals surface area contributed by atoms with Crippen LogP contribution in [0.15, 0.2) is 0 Å². The van der Waals surface area contributed by atoms with E-state index in [0.717, 1.165) is 19.1 Å². The van der Waals surface area contributed by atoms with Gasteiger partial charge in [0.15, 0.2) is 0 Å². The molecule has 3 unspecified atom stereocenters. The van der Waals surface area contributed by atoms with Crippen molar-refractivity contribution in [3.63, 3.8) is 0 Å². The average molecular weight is 212 g/mol. The molecular weight excluding hydrogens is 188 g/mol. The lowest BCUT2D eigenvalue weighted by atomic mass is 9.97. The van der Waals surface area contributed by atoms with Gasteiger partial charge < -0.3 is 15.4 Å². The van der Waals surface area contributed by atoms with Gasteiger partial charge in [-0.3, -0.25) is 0 Å². The Balaban J connectivity index is 1.69. The van der Waals surface area contributed by atoms with Crippen molar-refractivity contribution < 1.29 is 4.74 Å². The quantitative estimate of drug-likeness (QED) is 0.764. The third-order valence-corrected chi connectivity index (χ3v) is 3.90. The highest BCUT2D eigenvalue weighted by molar-refractivity contribution is 4.81. The van der Waals surface area contributed by atoms with Crippen LogP contribution in [0.1, 0.15) is 32.6 Å².